The zero-order valence-electron chi connectivity index (χ0n) is 17.7. The topological polar surface area (TPSA) is 67.9 Å². The summed E-state index contributed by atoms with van der Waals surface area (Å²) < 4.78 is 10.8. The van der Waals surface area contributed by atoms with E-state index in [4.69, 9.17) is 9.47 Å². The molecule has 0 radical (unpaired) electrons. The van der Waals surface area contributed by atoms with Gasteiger partial charge in [0.1, 0.15) is 11.5 Å². The molecular formula is C24H30N2O4. The number of benzene rings is 2. The molecule has 160 valence electrons. The number of carbonyl (C=O) groups is 2. The van der Waals surface area contributed by atoms with E-state index in [1.807, 2.05) is 43.0 Å². The van der Waals surface area contributed by atoms with Crippen LogP contribution in [0.2, 0.25) is 0 Å². The molecule has 1 aliphatic heterocycles. The minimum absolute atomic E-state index is 0.0820. The average Bonchev–Trinajstić information content (AvgIpc) is 2.76. The van der Waals surface area contributed by atoms with E-state index >= 15 is 0 Å². The summed E-state index contributed by atoms with van der Waals surface area (Å²) in [6, 6.07) is 14.9. The van der Waals surface area contributed by atoms with Crippen LogP contribution in [0.1, 0.15) is 42.6 Å². The molecule has 0 atom stereocenters. The predicted molar refractivity (Wildman–Crippen MR) is 116 cm³/mol. The minimum atomic E-state index is -0.0859. The first-order valence-corrected chi connectivity index (χ1v) is 10.6. The fourth-order valence-electron chi connectivity index (χ4n) is 3.57. The Morgan fingerprint density at radius 1 is 0.900 bits per heavy atom. The molecule has 30 heavy (non-hydrogen) atoms. The lowest BCUT2D eigenvalue weighted by molar-refractivity contribution is -0.131. The van der Waals surface area contributed by atoms with E-state index in [-0.39, 0.29) is 17.9 Å². The molecule has 0 spiro atoms. The summed E-state index contributed by atoms with van der Waals surface area (Å²) in [5.74, 6) is 1.61. The lowest BCUT2D eigenvalue weighted by Crippen LogP contribution is -2.46. The maximum Gasteiger partial charge on any atom is 0.251 e. The molecule has 6 nitrogen and oxygen atoms in total. The van der Waals surface area contributed by atoms with Crippen molar-refractivity contribution in [2.24, 2.45) is 0 Å². The van der Waals surface area contributed by atoms with Crippen LogP contribution in [0.4, 0.5) is 0 Å². The molecule has 2 amide bonds. The van der Waals surface area contributed by atoms with Crippen molar-refractivity contribution in [2.75, 3.05) is 26.3 Å². The van der Waals surface area contributed by atoms with Gasteiger partial charge >= 0.3 is 0 Å². The number of nitrogens with zero attached hydrogens (tertiary/aromatic N) is 1. The Kier molecular flexibility index (Phi) is 7.71. The molecular weight excluding hydrogens is 380 g/mol. The van der Waals surface area contributed by atoms with Crippen LogP contribution >= 0.6 is 0 Å². The highest BCUT2D eigenvalue weighted by Crippen LogP contribution is 2.17. The monoisotopic (exact) mass is 410 g/mol. The maximum absolute atomic E-state index is 12.6. The van der Waals surface area contributed by atoms with Gasteiger partial charge in [0.25, 0.3) is 5.91 Å². The molecule has 0 unspecified atom stereocenters. The summed E-state index contributed by atoms with van der Waals surface area (Å²) in [5.41, 5.74) is 1.60. The number of carbonyl (C=O) groups excluding carboxylic acids is 2. The Bertz CT molecular complexity index is 825. The highest BCUT2D eigenvalue weighted by Gasteiger charge is 2.24. The summed E-state index contributed by atoms with van der Waals surface area (Å²) >= 11 is 0. The fourth-order valence-corrected chi connectivity index (χ4v) is 3.57. The highest BCUT2D eigenvalue weighted by molar-refractivity contribution is 5.94. The summed E-state index contributed by atoms with van der Waals surface area (Å²) in [5, 5.41) is 3.08. The molecule has 0 bridgehead atoms. The Labute approximate surface area is 178 Å². The number of likely N-dealkylation sites (tertiary alicyclic amines) is 1. The van der Waals surface area contributed by atoms with Gasteiger partial charge in [-0.1, -0.05) is 12.1 Å². The second-order valence-corrected chi connectivity index (χ2v) is 7.34. The maximum atomic E-state index is 12.6. The van der Waals surface area contributed by atoms with Crippen LogP contribution in [0.3, 0.4) is 0 Å². The van der Waals surface area contributed by atoms with Gasteiger partial charge in [0.05, 0.1) is 19.6 Å². The number of nitrogens with one attached hydrogen (secondary N) is 1. The van der Waals surface area contributed by atoms with Gasteiger partial charge in [0.2, 0.25) is 5.91 Å². The second kappa shape index (κ2) is 10.7. The largest absolute Gasteiger partial charge is 0.494 e. The number of piperidine rings is 1. The van der Waals surface area contributed by atoms with E-state index in [2.05, 4.69) is 5.32 Å². The zero-order chi connectivity index (χ0) is 21.3. The molecule has 1 aliphatic rings. The molecule has 1 heterocycles. The van der Waals surface area contributed by atoms with Gasteiger partial charge in [-0.15, -0.1) is 0 Å². The van der Waals surface area contributed by atoms with Crippen LogP contribution in [0, 0.1) is 0 Å². The molecule has 0 aliphatic carbocycles. The standard InChI is InChI=1S/C24H30N2O4/c1-3-29-21-9-5-18(6-10-21)17-23(27)26-15-13-20(14-16-26)25-24(28)19-7-11-22(12-8-19)30-4-2/h5-12,20H,3-4,13-17H2,1-2H3,(H,25,28). The van der Waals surface area contributed by atoms with Crippen molar-refractivity contribution in [1.82, 2.24) is 10.2 Å². The second-order valence-electron chi connectivity index (χ2n) is 7.34. The Balaban J connectivity index is 1.44. The van der Waals surface area contributed by atoms with Crippen LogP contribution in [0.5, 0.6) is 11.5 Å². The first-order valence-electron chi connectivity index (χ1n) is 10.6. The van der Waals surface area contributed by atoms with Crippen molar-refractivity contribution >= 4 is 11.8 Å². The molecule has 2 aromatic rings. The summed E-state index contributed by atoms with van der Waals surface area (Å²) in [4.78, 5) is 27.0. The molecule has 2 aromatic carbocycles. The zero-order valence-corrected chi connectivity index (χ0v) is 17.7. The number of ether oxygens (including phenoxy) is 2. The average molecular weight is 411 g/mol. The summed E-state index contributed by atoms with van der Waals surface area (Å²) in [6.07, 6.45) is 1.91. The third-order valence-electron chi connectivity index (χ3n) is 5.20. The fraction of sp³-hybridized carbons (Fsp3) is 0.417. The quantitative estimate of drug-likeness (QED) is 0.724. The Morgan fingerprint density at radius 2 is 1.43 bits per heavy atom. The van der Waals surface area contributed by atoms with E-state index in [0.29, 0.717) is 38.3 Å². The van der Waals surface area contributed by atoms with Crippen LogP contribution in [0.25, 0.3) is 0 Å². The number of amides is 2. The number of hydrogen-bond donors (Lipinski definition) is 1. The number of hydrogen-bond acceptors (Lipinski definition) is 4. The van der Waals surface area contributed by atoms with Gasteiger partial charge < -0.3 is 19.7 Å². The van der Waals surface area contributed by atoms with Gasteiger partial charge in [0.15, 0.2) is 0 Å². The molecule has 6 heteroatoms. The normalized spacial score (nSPS) is 14.3. The Morgan fingerprint density at radius 3 is 1.97 bits per heavy atom. The van der Waals surface area contributed by atoms with Crippen LogP contribution < -0.4 is 14.8 Å². The Hall–Kier alpha value is -3.02. The van der Waals surface area contributed by atoms with Gasteiger partial charge in [-0.2, -0.15) is 0 Å². The predicted octanol–water partition coefficient (Wildman–Crippen LogP) is 3.45. The van der Waals surface area contributed by atoms with Crippen molar-refractivity contribution in [1.29, 1.82) is 0 Å². The smallest absolute Gasteiger partial charge is 0.251 e. The third kappa shape index (κ3) is 5.99. The van der Waals surface area contributed by atoms with Crippen LogP contribution in [-0.2, 0) is 11.2 Å². The molecule has 3 rings (SSSR count). The molecule has 0 saturated carbocycles. The SMILES string of the molecule is CCOc1ccc(CC(=O)N2CCC(NC(=O)c3ccc(OCC)cc3)CC2)cc1. The number of rotatable bonds is 8. The van der Waals surface area contributed by atoms with Gasteiger partial charge in [-0.05, 0) is 68.7 Å². The molecule has 1 fully saturated rings. The molecule has 1 saturated heterocycles. The van der Waals surface area contributed by atoms with Gasteiger partial charge in [0, 0.05) is 24.7 Å². The van der Waals surface area contributed by atoms with Gasteiger partial charge in [-0.25, -0.2) is 0 Å². The lowest BCUT2D eigenvalue weighted by atomic mass is 10.0. The first kappa shape index (κ1) is 21.7. The lowest BCUT2D eigenvalue weighted by Gasteiger charge is -2.32. The van der Waals surface area contributed by atoms with Crippen molar-refractivity contribution in [3.63, 3.8) is 0 Å². The van der Waals surface area contributed by atoms with E-state index < -0.39 is 0 Å². The molecule has 0 aromatic heterocycles. The third-order valence-corrected chi connectivity index (χ3v) is 5.20. The summed E-state index contributed by atoms with van der Waals surface area (Å²) in [6.45, 7) is 6.41. The van der Waals surface area contributed by atoms with E-state index in [1.165, 1.54) is 0 Å². The molecule has 1 N–H and O–H groups in total. The first-order chi connectivity index (χ1) is 14.6. The summed E-state index contributed by atoms with van der Waals surface area (Å²) in [7, 11) is 0. The van der Waals surface area contributed by atoms with Crippen molar-refractivity contribution in [3.8, 4) is 11.5 Å². The van der Waals surface area contributed by atoms with E-state index in [0.717, 1.165) is 29.9 Å². The highest BCUT2D eigenvalue weighted by atomic mass is 16.5. The van der Waals surface area contributed by atoms with E-state index in [1.54, 1.807) is 24.3 Å². The van der Waals surface area contributed by atoms with Crippen LogP contribution in [0.15, 0.2) is 48.5 Å². The van der Waals surface area contributed by atoms with Crippen LogP contribution in [-0.4, -0.2) is 49.1 Å². The minimum Gasteiger partial charge on any atom is -0.494 e. The van der Waals surface area contributed by atoms with E-state index in [9.17, 15) is 9.59 Å². The van der Waals surface area contributed by atoms with Crippen molar-refractivity contribution in [2.45, 2.75) is 39.2 Å². The van der Waals surface area contributed by atoms with Crippen molar-refractivity contribution < 1.29 is 19.1 Å². The van der Waals surface area contributed by atoms with Crippen molar-refractivity contribution in [3.05, 3.63) is 59.7 Å². The van der Waals surface area contributed by atoms with Gasteiger partial charge in [-0.3, -0.25) is 9.59 Å².